The van der Waals surface area contributed by atoms with Gasteiger partial charge in [-0.05, 0) is 30.3 Å². The van der Waals surface area contributed by atoms with Gasteiger partial charge >= 0.3 is 0 Å². The van der Waals surface area contributed by atoms with Crippen molar-refractivity contribution in [2.24, 2.45) is 10.7 Å². The monoisotopic (exact) mass is 521 g/mol. The Morgan fingerprint density at radius 3 is 2.36 bits per heavy atom. The largest absolute Gasteiger partial charge is 0.497 e. The van der Waals surface area contributed by atoms with Crippen molar-refractivity contribution in [3.8, 4) is 17.2 Å². The molecule has 0 aliphatic carbocycles. The smallest absolute Gasteiger partial charge is 0.193 e. The van der Waals surface area contributed by atoms with Crippen LogP contribution in [-0.2, 0) is 6.54 Å². The number of hydrogen-bond acceptors (Lipinski definition) is 4. The molecule has 6 nitrogen and oxygen atoms in total. The quantitative estimate of drug-likeness (QED) is 0.341. The number of guanidine groups is 1. The van der Waals surface area contributed by atoms with Gasteiger partial charge in [0.15, 0.2) is 5.96 Å². The molecule has 0 atom stereocenters. The summed E-state index contributed by atoms with van der Waals surface area (Å²) in [5.41, 5.74) is 7.59. The van der Waals surface area contributed by atoms with Gasteiger partial charge in [-0.25, -0.2) is 4.99 Å². The SMILES string of the molecule is COc1ccc(OC)c(NC(N)=NCc2cc(Br)ccc2OC)c1.I. The zero-order chi connectivity index (χ0) is 17.5. The molecule has 3 N–H and O–H groups in total. The van der Waals surface area contributed by atoms with Crippen molar-refractivity contribution in [3.05, 3.63) is 46.4 Å². The van der Waals surface area contributed by atoms with Crippen LogP contribution in [0.15, 0.2) is 45.9 Å². The highest BCUT2D eigenvalue weighted by Gasteiger charge is 2.07. The lowest BCUT2D eigenvalue weighted by Gasteiger charge is -2.12. The van der Waals surface area contributed by atoms with E-state index in [2.05, 4.69) is 26.2 Å². The topological polar surface area (TPSA) is 78.1 Å². The van der Waals surface area contributed by atoms with Gasteiger partial charge in [-0.2, -0.15) is 0 Å². The standard InChI is InChI=1S/C17H20BrN3O3.HI/c1-22-13-5-7-16(24-3)14(9-13)21-17(19)20-10-11-8-12(18)4-6-15(11)23-2;/h4-9H,10H2,1-3H3,(H3,19,20,21);1H. The summed E-state index contributed by atoms with van der Waals surface area (Å²) >= 11 is 3.44. The Hall–Kier alpha value is -1.68. The second-order valence-electron chi connectivity index (χ2n) is 4.85. The highest BCUT2D eigenvalue weighted by Crippen LogP contribution is 2.29. The van der Waals surface area contributed by atoms with Crippen LogP contribution in [0, 0.1) is 0 Å². The average molecular weight is 522 g/mol. The summed E-state index contributed by atoms with van der Waals surface area (Å²) in [4.78, 5) is 4.36. The molecule has 0 spiro atoms. The summed E-state index contributed by atoms with van der Waals surface area (Å²) in [5, 5.41) is 3.03. The van der Waals surface area contributed by atoms with Gasteiger partial charge in [0.05, 0.1) is 33.6 Å². The van der Waals surface area contributed by atoms with Gasteiger partial charge in [0.25, 0.3) is 0 Å². The molecule has 25 heavy (non-hydrogen) atoms. The van der Waals surface area contributed by atoms with Crippen LogP contribution < -0.4 is 25.3 Å². The number of nitrogens with one attached hydrogen (secondary N) is 1. The number of methoxy groups -OCH3 is 3. The van der Waals surface area contributed by atoms with Gasteiger partial charge in [-0.3, -0.25) is 0 Å². The molecular weight excluding hydrogens is 501 g/mol. The van der Waals surface area contributed by atoms with Crippen LogP contribution in [0.2, 0.25) is 0 Å². The molecule has 136 valence electrons. The van der Waals surface area contributed by atoms with Crippen LogP contribution in [0.3, 0.4) is 0 Å². The molecule has 0 amide bonds. The Balaban J connectivity index is 0.00000312. The maximum atomic E-state index is 5.99. The number of anilines is 1. The first-order valence-corrected chi connectivity index (χ1v) is 7.98. The highest BCUT2D eigenvalue weighted by molar-refractivity contribution is 14.0. The first-order chi connectivity index (χ1) is 11.6. The lowest BCUT2D eigenvalue weighted by Crippen LogP contribution is -2.23. The second-order valence-corrected chi connectivity index (χ2v) is 5.76. The van der Waals surface area contributed by atoms with Gasteiger partial charge in [0.2, 0.25) is 0 Å². The van der Waals surface area contributed by atoms with Crippen LogP contribution in [0.25, 0.3) is 0 Å². The van der Waals surface area contributed by atoms with Crippen molar-refractivity contribution >= 4 is 51.6 Å². The third kappa shape index (κ3) is 5.96. The third-order valence-electron chi connectivity index (χ3n) is 3.33. The fourth-order valence-corrected chi connectivity index (χ4v) is 2.54. The number of rotatable bonds is 6. The fourth-order valence-electron chi connectivity index (χ4n) is 2.13. The molecule has 0 saturated heterocycles. The maximum absolute atomic E-state index is 5.99. The van der Waals surface area contributed by atoms with Crippen LogP contribution in [0.1, 0.15) is 5.56 Å². The molecule has 0 unspecified atom stereocenters. The van der Waals surface area contributed by atoms with Crippen molar-refractivity contribution in [2.75, 3.05) is 26.6 Å². The molecule has 0 aliphatic rings. The van der Waals surface area contributed by atoms with Crippen molar-refractivity contribution in [1.82, 2.24) is 0 Å². The summed E-state index contributed by atoms with van der Waals surface area (Å²) < 4.78 is 16.8. The van der Waals surface area contributed by atoms with Crippen LogP contribution in [0.4, 0.5) is 5.69 Å². The van der Waals surface area contributed by atoms with Gasteiger partial charge < -0.3 is 25.3 Å². The summed E-state index contributed by atoms with van der Waals surface area (Å²) in [6.07, 6.45) is 0. The van der Waals surface area contributed by atoms with E-state index < -0.39 is 0 Å². The summed E-state index contributed by atoms with van der Waals surface area (Å²) in [5.74, 6) is 2.37. The predicted octanol–water partition coefficient (Wildman–Crippen LogP) is 4.02. The van der Waals surface area contributed by atoms with Crippen LogP contribution >= 0.6 is 39.9 Å². The summed E-state index contributed by atoms with van der Waals surface area (Å²) in [6, 6.07) is 11.1. The van der Waals surface area contributed by atoms with Crippen molar-refractivity contribution in [3.63, 3.8) is 0 Å². The minimum atomic E-state index is 0. The molecule has 0 aromatic heterocycles. The van der Waals surface area contributed by atoms with E-state index >= 15 is 0 Å². The van der Waals surface area contributed by atoms with Crippen LogP contribution in [-0.4, -0.2) is 27.3 Å². The minimum Gasteiger partial charge on any atom is -0.497 e. The maximum Gasteiger partial charge on any atom is 0.193 e. The van der Waals surface area contributed by atoms with Crippen LogP contribution in [0.5, 0.6) is 17.2 Å². The third-order valence-corrected chi connectivity index (χ3v) is 3.82. The molecule has 0 radical (unpaired) electrons. The fraction of sp³-hybridized carbons (Fsp3) is 0.235. The molecule has 2 rings (SSSR count). The number of hydrogen-bond donors (Lipinski definition) is 2. The Labute approximate surface area is 172 Å². The highest BCUT2D eigenvalue weighted by atomic mass is 127. The van der Waals surface area contributed by atoms with E-state index in [4.69, 9.17) is 19.9 Å². The molecule has 8 heteroatoms. The van der Waals surface area contributed by atoms with Crippen molar-refractivity contribution in [2.45, 2.75) is 6.54 Å². The molecule has 0 bridgehead atoms. The number of nitrogens with zero attached hydrogens (tertiary/aromatic N) is 1. The Morgan fingerprint density at radius 2 is 1.72 bits per heavy atom. The number of aliphatic imine (C=N–C) groups is 1. The van der Waals surface area contributed by atoms with E-state index in [1.165, 1.54) is 0 Å². The molecule has 2 aromatic rings. The van der Waals surface area contributed by atoms with Crippen molar-refractivity contribution in [1.29, 1.82) is 0 Å². The van der Waals surface area contributed by atoms with E-state index in [0.29, 0.717) is 23.7 Å². The van der Waals surface area contributed by atoms with E-state index in [1.54, 1.807) is 33.5 Å². The zero-order valence-corrected chi connectivity index (χ0v) is 18.1. The predicted molar refractivity (Wildman–Crippen MR) is 115 cm³/mol. The van der Waals surface area contributed by atoms with Gasteiger partial charge in [0.1, 0.15) is 17.2 Å². The number of ether oxygens (including phenoxy) is 3. The zero-order valence-electron chi connectivity index (χ0n) is 14.2. The molecule has 0 heterocycles. The Bertz CT molecular complexity index is 741. The normalized spacial score (nSPS) is 10.6. The molecule has 2 aromatic carbocycles. The molecule has 0 saturated carbocycles. The lowest BCUT2D eigenvalue weighted by atomic mass is 10.2. The van der Waals surface area contributed by atoms with Crippen molar-refractivity contribution < 1.29 is 14.2 Å². The lowest BCUT2D eigenvalue weighted by molar-refractivity contribution is 0.405. The second kappa shape index (κ2) is 10.3. The molecule has 0 aliphatic heterocycles. The van der Waals surface area contributed by atoms with Gasteiger partial charge in [-0.1, -0.05) is 15.9 Å². The van der Waals surface area contributed by atoms with Gasteiger partial charge in [0, 0.05) is 16.1 Å². The van der Waals surface area contributed by atoms with E-state index in [1.807, 2.05) is 24.3 Å². The van der Waals surface area contributed by atoms with E-state index in [9.17, 15) is 0 Å². The Kier molecular flexibility index (Phi) is 8.84. The first kappa shape index (κ1) is 21.4. The summed E-state index contributed by atoms with van der Waals surface area (Å²) in [6.45, 7) is 0.383. The number of halogens is 2. The number of nitrogens with two attached hydrogens (primary N) is 1. The van der Waals surface area contributed by atoms with E-state index in [-0.39, 0.29) is 29.9 Å². The molecular formula is C17H21BrIN3O3. The first-order valence-electron chi connectivity index (χ1n) is 7.18. The minimum absolute atomic E-state index is 0. The number of benzene rings is 2. The van der Waals surface area contributed by atoms with E-state index in [0.717, 1.165) is 15.8 Å². The summed E-state index contributed by atoms with van der Waals surface area (Å²) in [7, 11) is 4.81. The average Bonchev–Trinajstić information content (AvgIpc) is 2.60. The molecule has 0 fully saturated rings. The van der Waals surface area contributed by atoms with Gasteiger partial charge in [-0.15, -0.1) is 24.0 Å². The Morgan fingerprint density at radius 1 is 1.04 bits per heavy atom.